The van der Waals surface area contributed by atoms with Gasteiger partial charge >= 0.3 is 0 Å². The molecule has 30 heavy (non-hydrogen) atoms. The molecule has 2 aromatic carbocycles. The van der Waals surface area contributed by atoms with Crippen molar-refractivity contribution in [3.05, 3.63) is 59.2 Å². The summed E-state index contributed by atoms with van der Waals surface area (Å²) < 4.78 is 18.1. The molecule has 160 valence electrons. The van der Waals surface area contributed by atoms with Crippen LogP contribution in [0.1, 0.15) is 68.1 Å². The molecule has 2 unspecified atom stereocenters. The summed E-state index contributed by atoms with van der Waals surface area (Å²) in [4.78, 5) is 11.8. The Morgan fingerprint density at radius 2 is 2.03 bits per heavy atom. The Hall–Kier alpha value is -2.37. The number of benzene rings is 2. The number of nitrogens with one attached hydrogen (secondary N) is 1. The molecule has 4 rings (SSSR count). The van der Waals surface area contributed by atoms with Gasteiger partial charge in [0.25, 0.3) is 0 Å². The van der Waals surface area contributed by atoms with E-state index in [4.69, 9.17) is 14.2 Å². The molecule has 0 aromatic heterocycles. The first-order valence-electron chi connectivity index (χ1n) is 11.0. The number of rotatable bonds is 7. The summed E-state index contributed by atoms with van der Waals surface area (Å²) in [5.41, 5.74) is 3.39. The van der Waals surface area contributed by atoms with Gasteiger partial charge in [-0.25, -0.2) is 0 Å². The first-order chi connectivity index (χ1) is 14.6. The van der Waals surface area contributed by atoms with E-state index in [0.29, 0.717) is 25.5 Å². The molecular weight excluding hydrogens is 378 g/mol. The van der Waals surface area contributed by atoms with E-state index in [1.54, 1.807) is 0 Å². The Morgan fingerprint density at radius 1 is 1.17 bits per heavy atom. The minimum atomic E-state index is -0.152. The fourth-order valence-electron chi connectivity index (χ4n) is 4.20. The number of para-hydroxylation sites is 1. The Morgan fingerprint density at radius 3 is 2.77 bits per heavy atom. The van der Waals surface area contributed by atoms with Crippen LogP contribution in [0.15, 0.2) is 42.5 Å². The summed E-state index contributed by atoms with van der Waals surface area (Å²) in [5, 5.41) is 2.94. The third-order valence-electron chi connectivity index (χ3n) is 5.86. The zero-order valence-corrected chi connectivity index (χ0v) is 17.9. The zero-order valence-electron chi connectivity index (χ0n) is 17.9. The maximum Gasteiger partial charge on any atom is 0.220 e. The number of ether oxygens (including phenoxy) is 3. The van der Waals surface area contributed by atoms with Crippen molar-refractivity contribution in [2.24, 2.45) is 0 Å². The molecule has 2 saturated heterocycles. The molecule has 1 N–H and O–H groups in total. The van der Waals surface area contributed by atoms with E-state index in [-0.39, 0.29) is 18.1 Å². The zero-order chi connectivity index (χ0) is 20.9. The van der Waals surface area contributed by atoms with Crippen molar-refractivity contribution in [2.45, 2.75) is 64.3 Å². The third kappa shape index (κ3) is 5.02. The minimum Gasteiger partial charge on any atom is -0.457 e. The van der Waals surface area contributed by atoms with Crippen LogP contribution >= 0.6 is 0 Å². The molecule has 0 saturated carbocycles. The Kier molecular flexibility index (Phi) is 6.70. The number of carbonyl (C=O) groups is 1. The second-order valence-electron chi connectivity index (χ2n) is 8.47. The highest BCUT2D eigenvalue weighted by Gasteiger charge is 2.26. The summed E-state index contributed by atoms with van der Waals surface area (Å²) in [6.45, 7) is 6.21. The molecule has 5 nitrogen and oxygen atoms in total. The van der Waals surface area contributed by atoms with Crippen LogP contribution in [-0.4, -0.2) is 25.3 Å². The lowest BCUT2D eigenvalue weighted by Gasteiger charge is -2.24. The Balaban J connectivity index is 1.57. The van der Waals surface area contributed by atoms with Crippen molar-refractivity contribution < 1.29 is 19.0 Å². The van der Waals surface area contributed by atoms with Gasteiger partial charge in [-0.05, 0) is 60.1 Å². The van der Waals surface area contributed by atoms with Crippen LogP contribution in [0.4, 0.5) is 0 Å². The molecule has 0 aliphatic carbocycles. The molecule has 0 bridgehead atoms. The van der Waals surface area contributed by atoms with Gasteiger partial charge in [0.15, 0.2) is 6.29 Å². The number of hydrogen-bond acceptors (Lipinski definition) is 4. The smallest absolute Gasteiger partial charge is 0.220 e. The van der Waals surface area contributed by atoms with Crippen LogP contribution in [0.3, 0.4) is 0 Å². The second kappa shape index (κ2) is 9.63. The summed E-state index contributed by atoms with van der Waals surface area (Å²) >= 11 is 0. The van der Waals surface area contributed by atoms with Gasteiger partial charge in [0.1, 0.15) is 11.5 Å². The van der Waals surface area contributed by atoms with Crippen molar-refractivity contribution in [1.29, 1.82) is 0 Å². The van der Waals surface area contributed by atoms with Crippen LogP contribution < -0.4 is 10.1 Å². The monoisotopic (exact) mass is 409 g/mol. The Labute approximate surface area is 178 Å². The molecule has 2 atom stereocenters. The van der Waals surface area contributed by atoms with Crippen molar-refractivity contribution >= 4 is 5.91 Å². The highest BCUT2D eigenvalue weighted by molar-refractivity contribution is 5.79. The van der Waals surface area contributed by atoms with E-state index in [1.807, 2.05) is 24.3 Å². The van der Waals surface area contributed by atoms with Crippen molar-refractivity contribution in [2.75, 3.05) is 13.2 Å². The van der Waals surface area contributed by atoms with E-state index in [0.717, 1.165) is 48.5 Å². The van der Waals surface area contributed by atoms with Crippen LogP contribution in [0.25, 0.3) is 0 Å². The maximum atomic E-state index is 11.8. The van der Waals surface area contributed by atoms with Gasteiger partial charge in [0.05, 0.1) is 6.61 Å². The summed E-state index contributed by atoms with van der Waals surface area (Å²) in [6.07, 6.45) is 3.52. The molecular formula is C25H31NO4. The number of carbonyl (C=O) groups excluding carboxylic acids is 1. The summed E-state index contributed by atoms with van der Waals surface area (Å²) in [7, 11) is 0. The molecule has 2 aromatic rings. The van der Waals surface area contributed by atoms with E-state index >= 15 is 0 Å². The molecule has 2 heterocycles. The molecule has 0 spiro atoms. The van der Waals surface area contributed by atoms with Crippen LogP contribution in [0.5, 0.6) is 11.5 Å². The van der Waals surface area contributed by atoms with Gasteiger partial charge in [-0.3, -0.25) is 4.79 Å². The van der Waals surface area contributed by atoms with Crippen molar-refractivity contribution in [3.63, 3.8) is 0 Å². The predicted molar refractivity (Wildman–Crippen MR) is 116 cm³/mol. The average Bonchev–Trinajstić information content (AvgIpc) is 3.19. The molecule has 0 radical (unpaired) electrons. The fraction of sp³-hybridized carbons (Fsp3) is 0.480. The van der Waals surface area contributed by atoms with Gasteiger partial charge < -0.3 is 19.5 Å². The minimum absolute atomic E-state index is 0.105. The third-order valence-corrected chi connectivity index (χ3v) is 5.86. The quantitative estimate of drug-likeness (QED) is 0.679. The van der Waals surface area contributed by atoms with Gasteiger partial charge in [-0.1, -0.05) is 38.1 Å². The SMILES string of the molecule is CC(C)c1ccccc1Oc1ccc(C2CNC(=O)C2)c(COC2CCCCO2)c1. The first-order valence-corrected chi connectivity index (χ1v) is 11.0. The van der Waals surface area contributed by atoms with E-state index in [2.05, 4.69) is 37.4 Å². The Bertz CT molecular complexity index is 873. The van der Waals surface area contributed by atoms with Gasteiger partial charge in [-0.15, -0.1) is 0 Å². The highest BCUT2D eigenvalue weighted by Crippen LogP contribution is 2.34. The predicted octanol–water partition coefficient (Wildman–Crippen LogP) is 5.25. The fourth-order valence-corrected chi connectivity index (χ4v) is 4.20. The second-order valence-corrected chi connectivity index (χ2v) is 8.47. The lowest BCUT2D eigenvalue weighted by Crippen LogP contribution is -2.22. The summed E-state index contributed by atoms with van der Waals surface area (Å²) in [6, 6.07) is 14.3. The average molecular weight is 410 g/mol. The van der Waals surface area contributed by atoms with E-state index in [9.17, 15) is 4.79 Å². The lowest BCUT2D eigenvalue weighted by molar-refractivity contribution is -0.169. The van der Waals surface area contributed by atoms with Crippen molar-refractivity contribution in [1.82, 2.24) is 5.32 Å². The number of amides is 1. The van der Waals surface area contributed by atoms with Crippen LogP contribution in [0.2, 0.25) is 0 Å². The lowest BCUT2D eigenvalue weighted by atomic mass is 9.93. The van der Waals surface area contributed by atoms with E-state index in [1.165, 1.54) is 5.56 Å². The van der Waals surface area contributed by atoms with Gasteiger partial charge in [-0.2, -0.15) is 0 Å². The van der Waals surface area contributed by atoms with Gasteiger partial charge in [0.2, 0.25) is 5.91 Å². The molecule has 2 aliphatic rings. The topological polar surface area (TPSA) is 56.8 Å². The van der Waals surface area contributed by atoms with Crippen molar-refractivity contribution in [3.8, 4) is 11.5 Å². The van der Waals surface area contributed by atoms with E-state index < -0.39 is 0 Å². The summed E-state index contributed by atoms with van der Waals surface area (Å²) in [5.74, 6) is 2.31. The molecule has 2 fully saturated rings. The van der Waals surface area contributed by atoms with Crippen LogP contribution in [-0.2, 0) is 20.9 Å². The van der Waals surface area contributed by atoms with Gasteiger partial charge in [0, 0.05) is 25.5 Å². The largest absolute Gasteiger partial charge is 0.457 e. The normalized spacial score (nSPS) is 21.6. The maximum absolute atomic E-state index is 11.8. The number of hydrogen-bond donors (Lipinski definition) is 1. The molecule has 1 amide bonds. The standard InChI is InChI=1S/C25H31NO4/c1-17(2)21-7-3-4-8-23(21)30-20-10-11-22(18-14-24(27)26-15-18)19(13-20)16-29-25-9-5-6-12-28-25/h3-4,7-8,10-11,13,17-18,25H,5-6,9,12,14-16H2,1-2H3,(H,26,27). The molecule has 2 aliphatic heterocycles. The molecule has 5 heteroatoms. The first kappa shape index (κ1) is 20.9. The highest BCUT2D eigenvalue weighted by atomic mass is 16.7. The van der Waals surface area contributed by atoms with Crippen LogP contribution in [0, 0.1) is 0 Å².